The van der Waals surface area contributed by atoms with Gasteiger partial charge in [-0.05, 0) is 37.8 Å². The van der Waals surface area contributed by atoms with E-state index < -0.39 is 5.41 Å². The van der Waals surface area contributed by atoms with Gasteiger partial charge in [0.1, 0.15) is 11.5 Å². The van der Waals surface area contributed by atoms with E-state index >= 15 is 0 Å². The van der Waals surface area contributed by atoms with Crippen molar-refractivity contribution in [2.75, 3.05) is 26.4 Å². The minimum absolute atomic E-state index is 0.0502. The first kappa shape index (κ1) is 26.5. The van der Waals surface area contributed by atoms with Crippen LogP contribution in [-0.4, -0.2) is 36.6 Å². The van der Waals surface area contributed by atoms with E-state index in [0.717, 1.165) is 36.8 Å². The van der Waals surface area contributed by atoms with Gasteiger partial charge in [-0.25, -0.2) is 0 Å². The molecular weight excluding hydrogens is 420 g/mol. The monoisotopic (exact) mass is 460 g/mol. The van der Waals surface area contributed by atoms with E-state index in [0.29, 0.717) is 49.4 Å². The highest BCUT2D eigenvalue weighted by molar-refractivity contribution is 5.60. The lowest BCUT2D eigenvalue weighted by molar-refractivity contribution is 0.282. The van der Waals surface area contributed by atoms with Gasteiger partial charge in [0.25, 0.3) is 0 Å². The normalized spacial score (nSPS) is 11.3. The van der Waals surface area contributed by atoms with Crippen molar-refractivity contribution in [1.82, 2.24) is 0 Å². The van der Waals surface area contributed by atoms with E-state index in [1.54, 1.807) is 12.1 Å². The van der Waals surface area contributed by atoms with E-state index in [4.69, 9.17) is 18.9 Å². The molecule has 0 aliphatic carbocycles. The van der Waals surface area contributed by atoms with Gasteiger partial charge in [0, 0.05) is 28.7 Å². The van der Waals surface area contributed by atoms with Crippen LogP contribution in [-0.2, 0) is 5.41 Å². The van der Waals surface area contributed by atoms with E-state index in [-0.39, 0.29) is 11.5 Å². The van der Waals surface area contributed by atoms with Gasteiger partial charge in [-0.15, -0.1) is 0 Å². The maximum atomic E-state index is 10.5. The van der Waals surface area contributed by atoms with Crippen LogP contribution in [0.1, 0.15) is 78.4 Å². The van der Waals surface area contributed by atoms with Crippen LogP contribution in [0.4, 0.5) is 0 Å². The number of benzene rings is 2. The molecule has 0 aliphatic rings. The average Bonchev–Trinajstić information content (AvgIpc) is 2.79. The highest BCUT2D eigenvalue weighted by atomic mass is 16.5. The Kier molecular flexibility index (Phi) is 10.0. The van der Waals surface area contributed by atoms with Crippen molar-refractivity contribution in [3.63, 3.8) is 0 Å². The van der Waals surface area contributed by atoms with Crippen LogP contribution in [0.15, 0.2) is 24.3 Å². The number of phenolic OH excluding ortho intramolecular Hbond substituents is 2. The second-order valence-corrected chi connectivity index (χ2v) is 8.65. The first-order valence-corrected chi connectivity index (χ1v) is 12.1. The number of phenols is 2. The topological polar surface area (TPSA) is 77.4 Å². The molecule has 6 heteroatoms. The standard InChI is InChI=1S/C27H40O6/c1-7-11-30-23-17-21(28)25(32-13-9-3)15-19(23)27(5,6)20-16-26(33-14-10-4)22(29)18-24(20)31-12-8-2/h15-18,28-29H,7-14H2,1-6H3. The summed E-state index contributed by atoms with van der Waals surface area (Å²) in [5, 5.41) is 21.1. The molecule has 2 rings (SSSR count). The SMILES string of the molecule is CCCOc1cc(C(C)(C)c2cc(OCCC)c(O)cc2OCCC)c(OCCC)cc1O. The molecule has 0 fully saturated rings. The minimum Gasteiger partial charge on any atom is -0.504 e. The highest BCUT2D eigenvalue weighted by Gasteiger charge is 2.33. The van der Waals surface area contributed by atoms with Crippen molar-refractivity contribution in [2.24, 2.45) is 0 Å². The molecule has 2 aromatic rings. The predicted octanol–water partition coefficient (Wildman–Crippen LogP) is 6.58. The Hall–Kier alpha value is -2.76. The van der Waals surface area contributed by atoms with Crippen molar-refractivity contribution in [1.29, 1.82) is 0 Å². The molecule has 0 atom stereocenters. The lowest BCUT2D eigenvalue weighted by Crippen LogP contribution is -2.22. The van der Waals surface area contributed by atoms with Crippen LogP contribution in [0.2, 0.25) is 0 Å². The number of aromatic hydroxyl groups is 2. The molecule has 33 heavy (non-hydrogen) atoms. The Balaban J connectivity index is 2.68. The molecule has 0 aliphatic heterocycles. The zero-order valence-electron chi connectivity index (χ0n) is 21.0. The fraction of sp³-hybridized carbons (Fsp3) is 0.556. The van der Waals surface area contributed by atoms with Gasteiger partial charge >= 0.3 is 0 Å². The second kappa shape index (κ2) is 12.5. The fourth-order valence-corrected chi connectivity index (χ4v) is 3.54. The average molecular weight is 461 g/mol. The van der Waals surface area contributed by atoms with Crippen molar-refractivity contribution in [2.45, 2.75) is 72.6 Å². The molecule has 6 nitrogen and oxygen atoms in total. The number of ether oxygens (including phenoxy) is 4. The van der Waals surface area contributed by atoms with Crippen LogP contribution >= 0.6 is 0 Å². The maximum Gasteiger partial charge on any atom is 0.161 e. The molecule has 0 heterocycles. The van der Waals surface area contributed by atoms with E-state index in [2.05, 4.69) is 13.8 Å². The summed E-state index contributed by atoms with van der Waals surface area (Å²) in [6, 6.07) is 6.94. The largest absolute Gasteiger partial charge is 0.504 e. The van der Waals surface area contributed by atoms with Crippen LogP contribution in [0.3, 0.4) is 0 Å². The molecule has 0 amide bonds. The number of hydrogen-bond donors (Lipinski definition) is 2. The first-order chi connectivity index (χ1) is 15.8. The molecule has 0 aromatic heterocycles. The van der Waals surface area contributed by atoms with Gasteiger partial charge < -0.3 is 29.2 Å². The lowest BCUT2D eigenvalue weighted by Gasteiger charge is -2.31. The molecule has 0 radical (unpaired) electrons. The predicted molar refractivity (Wildman–Crippen MR) is 131 cm³/mol. The van der Waals surface area contributed by atoms with Crippen LogP contribution in [0, 0.1) is 0 Å². The summed E-state index contributed by atoms with van der Waals surface area (Å²) in [6.45, 7) is 14.3. The van der Waals surface area contributed by atoms with Gasteiger partial charge in [0.2, 0.25) is 0 Å². The zero-order valence-corrected chi connectivity index (χ0v) is 21.0. The summed E-state index contributed by atoms with van der Waals surface area (Å²) in [7, 11) is 0. The van der Waals surface area contributed by atoms with Crippen molar-refractivity contribution >= 4 is 0 Å². The number of hydrogen-bond acceptors (Lipinski definition) is 6. The second-order valence-electron chi connectivity index (χ2n) is 8.65. The Bertz CT molecular complexity index is 819. The molecule has 2 N–H and O–H groups in total. The van der Waals surface area contributed by atoms with E-state index in [9.17, 15) is 10.2 Å². The van der Waals surface area contributed by atoms with Crippen molar-refractivity contribution in [3.05, 3.63) is 35.4 Å². The molecule has 2 aromatic carbocycles. The molecule has 0 saturated carbocycles. The summed E-state index contributed by atoms with van der Waals surface area (Å²) < 4.78 is 23.7. The summed E-state index contributed by atoms with van der Waals surface area (Å²) in [5.41, 5.74) is 1.10. The summed E-state index contributed by atoms with van der Waals surface area (Å²) >= 11 is 0. The molecule has 0 unspecified atom stereocenters. The molecule has 0 spiro atoms. The van der Waals surface area contributed by atoms with Crippen LogP contribution < -0.4 is 18.9 Å². The third kappa shape index (κ3) is 6.62. The fourth-order valence-electron chi connectivity index (χ4n) is 3.54. The maximum absolute atomic E-state index is 10.5. The molecular formula is C27H40O6. The molecule has 0 saturated heterocycles. The lowest BCUT2D eigenvalue weighted by atomic mass is 9.76. The molecule has 0 bridgehead atoms. The highest BCUT2D eigenvalue weighted by Crippen LogP contribution is 2.48. The van der Waals surface area contributed by atoms with Crippen LogP contribution in [0.5, 0.6) is 34.5 Å². The number of rotatable bonds is 14. The first-order valence-electron chi connectivity index (χ1n) is 12.1. The van der Waals surface area contributed by atoms with Crippen molar-refractivity contribution < 1.29 is 29.2 Å². The van der Waals surface area contributed by atoms with Gasteiger partial charge in [-0.1, -0.05) is 41.5 Å². The Morgan fingerprint density at radius 1 is 0.545 bits per heavy atom. The molecule has 184 valence electrons. The minimum atomic E-state index is -0.609. The quantitative estimate of drug-likeness (QED) is 0.332. The van der Waals surface area contributed by atoms with Crippen molar-refractivity contribution in [3.8, 4) is 34.5 Å². The smallest absolute Gasteiger partial charge is 0.161 e. The third-order valence-electron chi connectivity index (χ3n) is 5.32. The van der Waals surface area contributed by atoms with Crippen LogP contribution in [0.25, 0.3) is 0 Å². The van der Waals surface area contributed by atoms with E-state index in [1.807, 2.05) is 39.8 Å². The Labute approximate surface area is 198 Å². The summed E-state index contributed by atoms with van der Waals surface area (Å²) in [6.07, 6.45) is 3.34. The Morgan fingerprint density at radius 2 is 0.848 bits per heavy atom. The van der Waals surface area contributed by atoms with Gasteiger partial charge in [-0.3, -0.25) is 0 Å². The summed E-state index contributed by atoms with van der Waals surface area (Å²) in [5.74, 6) is 2.12. The third-order valence-corrected chi connectivity index (χ3v) is 5.32. The van der Waals surface area contributed by atoms with Gasteiger partial charge in [0.15, 0.2) is 23.0 Å². The van der Waals surface area contributed by atoms with Gasteiger partial charge in [0.05, 0.1) is 26.4 Å². The van der Waals surface area contributed by atoms with Gasteiger partial charge in [-0.2, -0.15) is 0 Å². The zero-order chi connectivity index (χ0) is 24.4. The van der Waals surface area contributed by atoms with E-state index in [1.165, 1.54) is 0 Å². The Morgan fingerprint density at radius 3 is 1.15 bits per heavy atom. The summed E-state index contributed by atoms with van der Waals surface area (Å²) in [4.78, 5) is 0.